The van der Waals surface area contributed by atoms with E-state index in [9.17, 15) is 0 Å². The molecule has 17 heavy (non-hydrogen) atoms. The van der Waals surface area contributed by atoms with Crippen LogP contribution >= 0.6 is 27.3 Å². The zero-order chi connectivity index (χ0) is 12.0. The molecule has 5 heteroatoms. The lowest BCUT2D eigenvalue weighted by molar-refractivity contribution is 0.959. The molecule has 3 rings (SSSR count). The van der Waals surface area contributed by atoms with Gasteiger partial charge in [-0.25, -0.2) is 9.50 Å². The molecule has 0 aliphatic rings. The van der Waals surface area contributed by atoms with Crippen LogP contribution in [0.5, 0.6) is 0 Å². The molecule has 2 aromatic heterocycles. The fourth-order valence-corrected chi connectivity index (χ4v) is 2.93. The minimum atomic E-state index is 0.853. The highest BCUT2D eigenvalue weighted by Crippen LogP contribution is 2.25. The molecule has 3 nitrogen and oxygen atoms in total. The van der Waals surface area contributed by atoms with E-state index in [4.69, 9.17) is 0 Å². The summed E-state index contributed by atoms with van der Waals surface area (Å²) < 4.78 is 2.66. The van der Waals surface area contributed by atoms with E-state index in [1.165, 1.54) is 22.5 Å². The van der Waals surface area contributed by atoms with Gasteiger partial charge in [0.15, 0.2) is 3.92 Å². The van der Waals surface area contributed by atoms with Crippen molar-refractivity contribution in [3.63, 3.8) is 0 Å². The number of hydrogen-bond donors (Lipinski definition) is 0. The average Bonchev–Trinajstić information content (AvgIpc) is 2.79. The van der Waals surface area contributed by atoms with E-state index in [1.54, 1.807) is 4.52 Å². The number of halogens is 1. The number of rotatable bonds is 1. The Morgan fingerprint density at radius 3 is 2.76 bits per heavy atom. The van der Waals surface area contributed by atoms with Gasteiger partial charge >= 0.3 is 0 Å². The lowest BCUT2D eigenvalue weighted by Crippen LogP contribution is -1.83. The van der Waals surface area contributed by atoms with Gasteiger partial charge in [0, 0.05) is 5.56 Å². The molecular weight excluding hydrogens is 298 g/mol. The summed E-state index contributed by atoms with van der Waals surface area (Å²) in [7, 11) is 0. The van der Waals surface area contributed by atoms with Crippen LogP contribution in [0.15, 0.2) is 28.3 Å². The van der Waals surface area contributed by atoms with E-state index in [0.29, 0.717) is 0 Å². The van der Waals surface area contributed by atoms with Gasteiger partial charge in [0.25, 0.3) is 0 Å². The van der Waals surface area contributed by atoms with Gasteiger partial charge in [-0.1, -0.05) is 23.5 Å². The highest BCUT2D eigenvalue weighted by Gasteiger charge is 2.08. The summed E-state index contributed by atoms with van der Waals surface area (Å²) in [5.41, 5.74) is 4.70. The quantitative estimate of drug-likeness (QED) is 0.684. The number of aromatic nitrogens is 3. The molecular formula is C12H10BrN3S. The van der Waals surface area contributed by atoms with Crippen molar-refractivity contribution >= 4 is 32.2 Å². The van der Waals surface area contributed by atoms with Crippen LogP contribution in [0, 0.1) is 13.8 Å². The number of imidazole rings is 1. The van der Waals surface area contributed by atoms with Gasteiger partial charge in [-0.2, -0.15) is 0 Å². The van der Waals surface area contributed by atoms with Crippen LogP contribution in [-0.4, -0.2) is 14.6 Å². The van der Waals surface area contributed by atoms with E-state index in [2.05, 4.69) is 58.1 Å². The van der Waals surface area contributed by atoms with Gasteiger partial charge in [-0.3, -0.25) is 0 Å². The maximum atomic E-state index is 4.56. The SMILES string of the molecule is Cc1ccc(-c2cn3nc(Br)sc3n2)cc1C. The smallest absolute Gasteiger partial charge is 0.213 e. The summed E-state index contributed by atoms with van der Waals surface area (Å²) >= 11 is 4.88. The van der Waals surface area contributed by atoms with Crippen molar-refractivity contribution in [3.05, 3.63) is 39.4 Å². The molecule has 0 aliphatic heterocycles. The van der Waals surface area contributed by atoms with E-state index < -0.39 is 0 Å². The molecule has 1 aromatic carbocycles. The van der Waals surface area contributed by atoms with Crippen molar-refractivity contribution in [3.8, 4) is 11.3 Å². The number of aryl methyl sites for hydroxylation is 2. The van der Waals surface area contributed by atoms with Gasteiger partial charge in [0.2, 0.25) is 4.96 Å². The van der Waals surface area contributed by atoms with Crippen LogP contribution in [0.2, 0.25) is 0 Å². The molecule has 0 spiro atoms. The second-order valence-corrected chi connectivity index (χ2v) is 6.24. The van der Waals surface area contributed by atoms with Crippen LogP contribution in [0.25, 0.3) is 16.2 Å². The largest absolute Gasteiger partial charge is 0.217 e. The number of benzene rings is 1. The van der Waals surface area contributed by atoms with Gasteiger partial charge in [0.05, 0.1) is 11.9 Å². The van der Waals surface area contributed by atoms with E-state index >= 15 is 0 Å². The molecule has 0 radical (unpaired) electrons. The maximum absolute atomic E-state index is 4.56. The number of fused-ring (bicyclic) bond motifs is 1. The molecule has 0 bridgehead atoms. The van der Waals surface area contributed by atoms with Crippen molar-refractivity contribution in [2.45, 2.75) is 13.8 Å². The fraction of sp³-hybridized carbons (Fsp3) is 0.167. The second kappa shape index (κ2) is 3.92. The first-order valence-corrected chi connectivity index (χ1v) is 6.84. The van der Waals surface area contributed by atoms with Crippen LogP contribution in [0.3, 0.4) is 0 Å². The summed E-state index contributed by atoms with van der Waals surface area (Å²) in [6.45, 7) is 4.23. The zero-order valence-electron chi connectivity index (χ0n) is 9.44. The molecule has 0 aliphatic carbocycles. The highest BCUT2D eigenvalue weighted by molar-refractivity contribution is 9.11. The summed E-state index contributed by atoms with van der Waals surface area (Å²) in [4.78, 5) is 5.47. The Morgan fingerprint density at radius 1 is 1.24 bits per heavy atom. The van der Waals surface area contributed by atoms with Gasteiger partial charge < -0.3 is 0 Å². The Balaban J connectivity index is 2.13. The van der Waals surface area contributed by atoms with Crippen molar-refractivity contribution in [1.82, 2.24) is 14.6 Å². The Morgan fingerprint density at radius 2 is 2.06 bits per heavy atom. The van der Waals surface area contributed by atoms with Gasteiger partial charge in [-0.15, -0.1) is 5.10 Å². The minimum Gasteiger partial charge on any atom is -0.217 e. The van der Waals surface area contributed by atoms with Crippen molar-refractivity contribution in [1.29, 1.82) is 0 Å². The predicted octanol–water partition coefficient (Wildman–Crippen LogP) is 3.84. The van der Waals surface area contributed by atoms with Gasteiger partial charge in [-0.05, 0) is 47.0 Å². The summed E-state index contributed by atoms with van der Waals surface area (Å²) in [5, 5.41) is 4.29. The Bertz CT molecular complexity index is 667. The molecule has 0 saturated carbocycles. The number of hydrogen-bond acceptors (Lipinski definition) is 3. The maximum Gasteiger partial charge on any atom is 0.213 e. The van der Waals surface area contributed by atoms with Crippen molar-refractivity contribution in [2.24, 2.45) is 0 Å². The van der Waals surface area contributed by atoms with Crippen LogP contribution < -0.4 is 0 Å². The predicted molar refractivity (Wildman–Crippen MR) is 73.5 cm³/mol. The van der Waals surface area contributed by atoms with Gasteiger partial charge in [0.1, 0.15) is 0 Å². The molecule has 0 N–H and O–H groups in total. The third-order valence-electron chi connectivity index (χ3n) is 2.82. The average molecular weight is 308 g/mol. The zero-order valence-corrected chi connectivity index (χ0v) is 11.8. The Labute approximate surface area is 111 Å². The first-order chi connectivity index (χ1) is 8.13. The molecule has 2 heterocycles. The fourth-order valence-electron chi connectivity index (χ4n) is 1.72. The Hall–Kier alpha value is -1.20. The third kappa shape index (κ3) is 1.89. The highest BCUT2D eigenvalue weighted by atomic mass is 79.9. The Kier molecular flexibility index (Phi) is 2.52. The lowest BCUT2D eigenvalue weighted by atomic mass is 10.1. The van der Waals surface area contributed by atoms with Crippen LogP contribution in [-0.2, 0) is 0 Å². The van der Waals surface area contributed by atoms with Crippen molar-refractivity contribution < 1.29 is 0 Å². The molecule has 0 amide bonds. The van der Waals surface area contributed by atoms with E-state index in [0.717, 1.165) is 20.1 Å². The van der Waals surface area contributed by atoms with Crippen LogP contribution in [0.1, 0.15) is 11.1 Å². The molecule has 0 atom stereocenters. The first kappa shape index (κ1) is 10.9. The van der Waals surface area contributed by atoms with E-state index in [1.807, 2.05) is 6.20 Å². The van der Waals surface area contributed by atoms with E-state index in [-0.39, 0.29) is 0 Å². The monoisotopic (exact) mass is 307 g/mol. The first-order valence-electron chi connectivity index (χ1n) is 5.23. The molecule has 0 fully saturated rings. The minimum absolute atomic E-state index is 0.853. The number of nitrogens with zero attached hydrogens (tertiary/aromatic N) is 3. The summed E-state index contributed by atoms with van der Waals surface area (Å²) in [5.74, 6) is 0. The molecule has 0 unspecified atom stereocenters. The molecule has 86 valence electrons. The van der Waals surface area contributed by atoms with Crippen molar-refractivity contribution in [2.75, 3.05) is 0 Å². The topological polar surface area (TPSA) is 30.2 Å². The molecule has 0 saturated heterocycles. The van der Waals surface area contributed by atoms with Crippen LogP contribution in [0.4, 0.5) is 0 Å². The lowest BCUT2D eigenvalue weighted by Gasteiger charge is -2.01. The standard InChI is InChI=1S/C12H10BrN3S/c1-7-3-4-9(5-8(7)2)10-6-16-12(14-10)17-11(13)15-16/h3-6H,1-2H3. The third-order valence-corrected chi connectivity index (χ3v) is 4.18. The second-order valence-electron chi connectivity index (χ2n) is 4.01. The summed E-state index contributed by atoms with van der Waals surface area (Å²) in [6.07, 6.45) is 1.96. The normalized spacial score (nSPS) is 11.2. The summed E-state index contributed by atoms with van der Waals surface area (Å²) in [6, 6.07) is 6.39. The molecule has 3 aromatic rings.